The Labute approximate surface area is 334 Å². The van der Waals surface area contributed by atoms with E-state index in [0.29, 0.717) is 60.1 Å². The predicted molar refractivity (Wildman–Crippen MR) is 214 cm³/mol. The Morgan fingerprint density at radius 2 is 1.67 bits per heavy atom. The van der Waals surface area contributed by atoms with E-state index in [0.717, 1.165) is 67.8 Å². The SMILES string of the molecule is Cc1cc2cc(n1)-c1cnn(C)c1OCCC[C@@H](C)n1c(nc3ccc(N4CCN(CC5CN(c6cc(F)c([C@H]7CCC(=O)NC7=O)c(F)c6)C5)CC4)cc31)NC2=O. The molecule has 14 nitrogen and oxygen atoms in total. The fourth-order valence-electron chi connectivity index (χ4n) is 8.88. The summed E-state index contributed by atoms with van der Waals surface area (Å²) < 4.78 is 40.4. The van der Waals surface area contributed by atoms with Gasteiger partial charge < -0.3 is 19.1 Å². The van der Waals surface area contributed by atoms with Crippen LogP contribution in [0, 0.1) is 24.5 Å². The lowest BCUT2D eigenvalue weighted by atomic mass is 9.89. The first-order valence-electron chi connectivity index (χ1n) is 20.0. The summed E-state index contributed by atoms with van der Waals surface area (Å²) in [7, 11) is 1.84. The van der Waals surface area contributed by atoms with Crippen LogP contribution in [-0.2, 0) is 16.6 Å². The topological polar surface area (TPSA) is 143 Å². The molecule has 2 aromatic carbocycles. The number of rotatable bonds is 5. The monoisotopic (exact) mass is 792 g/mol. The molecule has 7 heterocycles. The van der Waals surface area contributed by atoms with Gasteiger partial charge >= 0.3 is 0 Å². The van der Waals surface area contributed by atoms with Crippen molar-refractivity contribution in [3.05, 3.63) is 77.1 Å². The fraction of sp³-hybridized carbons (Fsp3) is 0.429. The number of piperazine rings is 1. The van der Waals surface area contributed by atoms with Crippen LogP contribution in [0.15, 0.2) is 48.7 Å². The first-order valence-corrected chi connectivity index (χ1v) is 20.0. The summed E-state index contributed by atoms with van der Waals surface area (Å²) in [5.41, 5.74) is 5.57. The Balaban J connectivity index is 0.856. The van der Waals surface area contributed by atoms with Gasteiger partial charge in [-0.3, -0.25) is 34.9 Å². The summed E-state index contributed by atoms with van der Waals surface area (Å²) in [5, 5.41) is 9.70. The van der Waals surface area contributed by atoms with Crippen molar-refractivity contribution in [1.29, 1.82) is 0 Å². The van der Waals surface area contributed by atoms with E-state index in [9.17, 15) is 14.4 Å². The molecule has 4 aliphatic rings. The van der Waals surface area contributed by atoms with Crippen LogP contribution in [0.1, 0.15) is 66.2 Å². The molecule has 5 aromatic rings. The van der Waals surface area contributed by atoms with Gasteiger partial charge in [-0.05, 0) is 75.6 Å². The molecular formula is C42H46F2N10O4. The molecule has 0 saturated carbocycles. The Kier molecular flexibility index (Phi) is 9.82. The van der Waals surface area contributed by atoms with Crippen LogP contribution in [0.2, 0.25) is 0 Å². The van der Waals surface area contributed by atoms with E-state index in [1.807, 2.05) is 24.9 Å². The van der Waals surface area contributed by atoms with Crippen LogP contribution >= 0.6 is 0 Å². The average molecular weight is 793 g/mol. The number of nitrogens with zero attached hydrogens (tertiary/aromatic N) is 8. The maximum Gasteiger partial charge on any atom is 0.258 e. The number of imide groups is 1. The highest BCUT2D eigenvalue weighted by Gasteiger charge is 2.35. The second kappa shape index (κ2) is 15.1. The van der Waals surface area contributed by atoms with E-state index < -0.39 is 29.4 Å². The summed E-state index contributed by atoms with van der Waals surface area (Å²) in [6.45, 7) is 10.2. The van der Waals surface area contributed by atoms with Gasteiger partial charge in [-0.2, -0.15) is 5.10 Å². The second-order valence-electron chi connectivity index (χ2n) is 16.0. The number of fused-ring (bicyclic) bond motifs is 7. The molecule has 0 radical (unpaired) electrons. The van der Waals surface area contributed by atoms with E-state index in [1.54, 1.807) is 23.0 Å². The van der Waals surface area contributed by atoms with Crippen molar-refractivity contribution < 1.29 is 27.9 Å². The largest absolute Gasteiger partial charge is 0.477 e. The highest BCUT2D eigenvalue weighted by molar-refractivity contribution is 6.05. The van der Waals surface area contributed by atoms with Crippen LogP contribution in [0.3, 0.4) is 0 Å². The van der Waals surface area contributed by atoms with Crippen LogP contribution < -0.4 is 25.2 Å². The molecule has 2 bridgehead atoms. The molecule has 0 aliphatic carbocycles. The molecular weight excluding hydrogens is 747 g/mol. The van der Waals surface area contributed by atoms with Crippen molar-refractivity contribution in [2.24, 2.45) is 13.0 Å². The van der Waals surface area contributed by atoms with Crippen molar-refractivity contribution in [2.75, 3.05) is 67.5 Å². The van der Waals surface area contributed by atoms with Crippen molar-refractivity contribution in [3.63, 3.8) is 0 Å². The van der Waals surface area contributed by atoms with E-state index in [4.69, 9.17) is 9.72 Å². The van der Waals surface area contributed by atoms with E-state index in [2.05, 4.69) is 54.1 Å². The molecule has 3 fully saturated rings. The number of anilines is 3. The Hall–Kier alpha value is -5.90. The number of carbonyl (C=O) groups is 3. The fourth-order valence-corrected chi connectivity index (χ4v) is 8.88. The molecule has 16 heteroatoms. The quantitative estimate of drug-likeness (QED) is 0.229. The summed E-state index contributed by atoms with van der Waals surface area (Å²) in [6, 6.07) is 12.5. The second-order valence-corrected chi connectivity index (χ2v) is 16.0. The molecule has 3 aromatic heterocycles. The maximum absolute atomic E-state index is 15.2. The van der Waals surface area contributed by atoms with Crippen molar-refractivity contribution in [2.45, 2.75) is 51.5 Å². The number of hydrogen-bond donors (Lipinski definition) is 2. The maximum atomic E-state index is 15.2. The van der Waals surface area contributed by atoms with Gasteiger partial charge in [0, 0.05) is 99.4 Å². The predicted octanol–water partition coefficient (Wildman–Crippen LogP) is 5.18. The van der Waals surface area contributed by atoms with Crippen LogP contribution in [0.5, 0.6) is 5.88 Å². The van der Waals surface area contributed by atoms with Crippen LogP contribution in [0.4, 0.5) is 26.1 Å². The zero-order valence-electron chi connectivity index (χ0n) is 32.8. The molecule has 3 saturated heterocycles. The van der Waals surface area contributed by atoms with E-state index in [1.165, 1.54) is 12.1 Å². The normalized spacial score (nSPS) is 20.8. The van der Waals surface area contributed by atoms with Gasteiger partial charge in [0.15, 0.2) is 0 Å². The van der Waals surface area contributed by atoms with Crippen LogP contribution in [-0.4, -0.2) is 99.4 Å². The third-order valence-corrected chi connectivity index (χ3v) is 11.9. The minimum atomic E-state index is -1.01. The number of halogens is 2. The lowest BCUT2D eigenvalue weighted by Gasteiger charge is -2.45. The van der Waals surface area contributed by atoms with Crippen molar-refractivity contribution in [3.8, 4) is 17.1 Å². The van der Waals surface area contributed by atoms with Gasteiger partial charge in [-0.15, -0.1) is 0 Å². The number of carbonyl (C=O) groups excluding carboxylic acids is 3. The first-order chi connectivity index (χ1) is 28.0. The molecule has 4 aliphatic heterocycles. The Morgan fingerprint density at radius 1 is 0.897 bits per heavy atom. The van der Waals surface area contributed by atoms with Gasteiger partial charge in [0.25, 0.3) is 5.91 Å². The molecule has 3 amide bonds. The summed E-state index contributed by atoms with van der Waals surface area (Å²) in [5.74, 6) is -2.40. The number of imidazole rings is 1. The van der Waals surface area contributed by atoms with Gasteiger partial charge in [0.2, 0.25) is 23.6 Å². The Bertz CT molecular complexity index is 2410. The number of ether oxygens (including phenoxy) is 1. The number of aromatic nitrogens is 5. The number of benzene rings is 2. The van der Waals surface area contributed by atoms with Gasteiger partial charge in [0.05, 0.1) is 41.0 Å². The smallest absolute Gasteiger partial charge is 0.258 e. The lowest BCUT2D eigenvalue weighted by molar-refractivity contribution is -0.134. The summed E-state index contributed by atoms with van der Waals surface area (Å²) in [4.78, 5) is 54.0. The molecule has 0 unspecified atom stereocenters. The third-order valence-electron chi connectivity index (χ3n) is 11.9. The number of pyridine rings is 1. The van der Waals surface area contributed by atoms with Crippen molar-refractivity contribution >= 4 is 46.1 Å². The molecule has 2 N–H and O–H groups in total. The highest BCUT2D eigenvalue weighted by atomic mass is 19.1. The third kappa shape index (κ3) is 7.14. The number of nitrogens with one attached hydrogen (secondary N) is 2. The van der Waals surface area contributed by atoms with E-state index in [-0.39, 0.29) is 30.4 Å². The van der Waals surface area contributed by atoms with E-state index >= 15 is 8.78 Å². The zero-order chi connectivity index (χ0) is 40.2. The molecule has 302 valence electrons. The number of amides is 3. The standard InChI is InChI=1S/C42H46F2N10O4/c1-24-15-27-16-35(46-24)31-20-45-50(3)41(31)58-14-4-5-25(2)54-36-19-28(6-8-34(36)47-42(54)49-39(27)56)52-12-10-51(11-13-52)21-26-22-53(23-26)29-17-32(43)38(33(44)18-29)30-7-9-37(55)48-40(30)57/h6,8,15-20,25-26,30H,4-5,7,9-14,21-23H2,1-3H3,(H,47,49,56)(H,48,55,57)/t25-,30-/m1/s1. The molecule has 58 heavy (non-hydrogen) atoms. The van der Waals surface area contributed by atoms with Gasteiger partial charge in [0.1, 0.15) is 11.6 Å². The van der Waals surface area contributed by atoms with Crippen LogP contribution in [0.25, 0.3) is 22.3 Å². The number of aryl methyl sites for hydroxylation is 2. The number of hydrogen-bond acceptors (Lipinski definition) is 10. The average Bonchev–Trinajstić information content (AvgIpc) is 3.73. The zero-order valence-corrected chi connectivity index (χ0v) is 32.8. The molecule has 9 rings (SSSR count). The number of piperidine rings is 1. The molecule has 0 spiro atoms. The van der Waals surface area contributed by atoms with Crippen molar-refractivity contribution in [1.82, 2.24) is 34.5 Å². The van der Waals surface area contributed by atoms with Gasteiger partial charge in [-0.25, -0.2) is 18.4 Å². The lowest BCUT2D eigenvalue weighted by Crippen LogP contribution is -2.55. The summed E-state index contributed by atoms with van der Waals surface area (Å²) >= 11 is 0. The van der Waals surface area contributed by atoms with Gasteiger partial charge in [-0.1, -0.05) is 0 Å². The summed E-state index contributed by atoms with van der Waals surface area (Å²) in [6.07, 6.45) is 3.44. The first kappa shape index (κ1) is 37.7. The minimum Gasteiger partial charge on any atom is -0.477 e. The Morgan fingerprint density at radius 3 is 2.43 bits per heavy atom. The highest BCUT2D eigenvalue weighted by Crippen LogP contribution is 2.36. The minimum absolute atomic E-state index is 0.0120. The molecule has 2 atom stereocenters.